The summed E-state index contributed by atoms with van der Waals surface area (Å²) in [5.74, 6) is 0.132. The zero-order valence-corrected chi connectivity index (χ0v) is 16.7. The van der Waals surface area contributed by atoms with Gasteiger partial charge in [0.15, 0.2) is 0 Å². The van der Waals surface area contributed by atoms with Crippen LogP contribution in [0.5, 0.6) is 0 Å². The van der Waals surface area contributed by atoms with Gasteiger partial charge in [0.1, 0.15) is 11.0 Å². The van der Waals surface area contributed by atoms with Crippen LogP contribution in [0.4, 0.5) is 0 Å². The van der Waals surface area contributed by atoms with E-state index in [0.29, 0.717) is 45.7 Å². The smallest absolute Gasteiger partial charge is 0.245 e. The van der Waals surface area contributed by atoms with Crippen molar-refractivity contribution in [1.29, 1.82) is 0 Å². The maximum absolute atomic E-state index is 12.8. The Labute approximate surface area is 169 Å². The number of morpholine rings is 1. The molecule has 2 fully saturated rings. The van der Waals surface area contributed by atoms with E-state index in [0.717, 1.165) is 29.1 Å². The molecule has 28 heavy (non-hydrogen) atoms. The number of hydrogen-bond donors (Lipinski definition) is 0. The van der Waals surface area contributed by atoms with Gasteiger partial charge < -0.3 is 14.5 Å². The molecule has 6 nitrogen and oxygen atoms in total. The molecular formula is C21H25N3O3S. The van der Waals surface area contributed by atoms with Gasteiger partial charge in [0.25, 0.3) is 0 Å². The molecule has 2 aliphatic heterocycles. The summed E-state index contributed by atoms with van der Waals surface area (Å²) in [6.07, 6.45) is 2.65. The second kappa shape index (κ2) is 8.84. The Morgan fingerprint density at radius 1 is 1.14 bits per heavy atom. The summed E-state index contributed by atoms with van der Waals surface area (Å²) in [5.41, 5.74) is 2.04. The monoisotopic (exact) mass is 399 g/mol. The van der Waals surface area contributed by atoms with Crippen molar-refractivity contribution >= 4 is 23.2 Å². The molecule has 0 radical (unpaired) electrons. The number of benzene rings is 1. The van der Waals surface area contributed by atoms with Gasteiger partial charge in [-0.15, -0.1) is 11.3 Å². The zero-order chi connectivity index (χ0) is 19.3. The summed E-state index contributed by atoms with van der Waals surface area (Å²) in [5, 5.41) is 3.00. The first-order valence-electron chi connectivity index (χ1n) is 9.88. The SMILES string of the molecule is O=C(C1CCCN1C(=O)CCc1csc(-c2ccccc2)n1)N1CCOCC1. The number of ether oxygens (including phenoxy) is 1. The minimum absolute atomic E-state index is 0.0540. The van der Waals surface area contributed by atoms with Crippen molar-refractivity contribution in [2.24, 2.45) is 0 Å². The van der Waals surface area contributed by atoms with E-state index in [4.69, 9.17) is 4.74 Å². The number of amides is 2. The second-order valence-corrected chi connectivity index (χ2v) is 8.05. The van der Waals surface area contributed by atoms with E-state index in [-0.39, 0.29) is 17.9 Å². The molecule has 1 aromatic carbocycles. The van der Waals surface area contributed by atoms with Crippen LogP contribution in [0.2, 0.25) is 0 Å². The third-order valence-corrected chi connectivity index (χ3v) is 6.29. The van der Waals surface area contributed by atoms with Gasteiger partial charge in [0.2, 0.25) is 11.8 Å². The Balaban J connectivity index is 1.34. The van der Waals surface area contributed by atoms with Crippen LogP contribution in [0.25, 0.3) is 10.6 Å². The third-order valence-electron chi connectivity index (χ3n) is 5.35. The topological polar surface area (TPSA) is 62.7 Å². The lowest BCUT2D eigenvalue weighted by Crippen LogP contribution is -2.51. The molecule has 1 unspecified atom stereocenters. The van der Waals surface area contributed by atoms with Crippen molar-refractivity contribution in [1.82, 2.24) is 14.8 Å². The molecule has 1 atom stereocenters. The highest BCUT2D eigenvalue weighted by molar-refractivity contribution is 7.13. The van der Waals surface area contributed by atoms with Crippen LogP contribution in [0.1, 0.15) is 25.0 Å². The summed E-state index contributed by atoms with van der Waals surface area (Å²) in [7, 11) is 0. The quantitative estimate of drug-likeness (QED) is 0.775. The maximum atomic E-state index is 12.8. The van der Waals surface area contributed by atoms with Gasteiger partial charge in [-0.1, -0.05) is 30.3 Å². The number of carbonyl (C=O) groups is 2. The van der Waals surface area contributed by atoms with Gasteiger partial charge in [0.05, 0.1) is 18.9 Å². The molecule has 2 amide bonds. The van der Waals surface area contributed by atoms with Crippen molar-refractivity contribution in [2.75, 3.05) is 32.8 Å². The van der Waals surface area contributed by atoms with Crippen molar-refractivity contribution in [3.63, 3.8) is 0 Å². The van der Waals surface area contributed by atoms with Crippen molar-refractivity contribution in [2.45, 2.75) is 31.7 Å². The number of hydrogen-bond acceptors (Lipinski definition) is 5. The van der Waals surface area contributed by atoms with E-state index >= 15 is 0 Å². The average molecular weight is 400 g/mol. The lowest BCUT2D eigenvalue weighted by Gasteiger charge is -2.32. The molecule has 148 valence electrons. The van der Waals surface area contributed by atoms with Crippen LogP contribution in [0.15, 0.2) is 35.7 Å². The molecule has 0 aliphatic carbocycles. The van der Waals surface area contributed by atoms with Crippen molar-refractivity contribution < 1.29 is 14.3 Å². The summed E-state index contributed by atoms with van der Waals surface area (Å²) in [4.78, 5) is 33.9. The van der Waals surface area contributed by atoms with Crippen LogP contribution in [-0.4, -0.2) is 65.5 Å². The van der Waals surface area contributed by atoms with Crippen LogP contribution in [-0.2, 0) is 20.7 Å². The lowest BCUT2D eigenvalue weighted by atomic mass is 10.1. The number of carbonyl (C=O) groups excluding carboxylic acids is 2. The van der Waals surface area contributed by atoms with Crippen molar-refractivity contribution in [3.05, 3.63) is 41.4 Å². The second-order valence-electron chi connectivity index (χ2n) is 7.19. The highest BCUT2D eigenvalue weighted by Crippen LogP contribution is 2.25. The fourth-order valence-electron chi connectivity index (χ4n) is 3.83. The standard InChI is InChI=1S/C21H25N3O3S/c25-19(9-8-17-15-28-20(22-17)16-5-2-1-3-6-16)24-10-4-7-18(24)21(26)23-11-13-27-14-12-23/h1-3,5-6,15,18H,4,7-14H2. The van der Waals surface area contributed by atoms with Crippen LogP contribution in [0.3, 0.4) is 0 Å². The van der Waals surface area contributed by atoms with E-state index < -0.39 is 0 Å². The van der Waals surface area contributed by atoms with Gasteiger partial charge in [-0.25, -0.2) is 4.98 Å². The molecule has 1 aromatic heterocycles. The first-order chi connectivity index (χ1) is 13.7. The molecule has 7 heteroatoms. The molecule has 2 saturated heterocycles. The maximum Gasteiger partial charge on any atom is 0.245 e. The predicted octanol–water partition coefficient (Wildman–Crippen LogP) is 2.59. The highest BCUT2D eigenvalue weighted by atomic mass is 32.1. The Kier molecular flexibility index (Phi) is 6.02. The van der Waals surface area contributed by atoms with Gasteiger partial charge in [-0.2, -0.15) is 0 Å². The number of rotatable bonds is 5. The number of likely N-dealkylation sites (tertiary alicyclic amines) is 1. The minimum atomic E-state index is -0.305. The average Bonchev–Trinajstić information content (AvgIpc) is 3.43. The fourth-order valence-corrected chi connectivity index (χ4v) is 4.69. The molecule has 2 aliphatic rings. The Morgan fingerprint density at radius 3 is 2.71 bits per heavy atom. The van der Waals surface area contributed by atoms with Gasteiger partial charge in [-0.3, -0.25) is 9.59 Å². The molecule has 0 bridgehead atoms. The Hall–Kier alpha value is -2.25. The van der Waals surface area contributed by atoms with Crippen LogP contribution in [0, 0.1) is 0 Å². The first kappa shape index (κ1) is 19.1. The molecular weight excluding hydrogens is 374 g/mol. The summed E-state index contributed by atoms with van der Waals surface area (Å²) in [6, 6.07) is 9.76. The predicted molar refractivity (Wildman–Crippen MR) is 108 cm³/mol. The fraction of sp³-hybridized carbons (Fsp3) is 0.476. The summed E-state index contributed by atoms with van der Waals surface area (Å²) < 4.78 is 5.33. The van der Waals surface area contributed by atoms with Gasteiger partial charge in [-0.05, 0) is 19.3 Å². The number of aryl methyl sites for hydroxylation is 1. The summed E-state index contributed by atoms with van der Waals surface area (Å²) in [6.45, 7) is 3.09. The van der Waals surface area contributed by atoms with Crippen molar-refractivity contribution in [3.8, 4) is 10.6 Å². The van der Waals surface area contributed by atoms with E-state index in [1.807, 2.05) is 40.6 Å². The molecule has 0 N–H and O–H groups in total. The molecule has 0 spiro atoms. The van der Waals surface area contributed by atoms with E-state index in [9.17, 15) is 9.59 Å². The molecule has 4 rings (SSSR count). The molecule has 3 heterocycles. The Morgan fingerprint density at radius 2 is 1.93 bits per heavy atom. The molecule has 0 saturated carbocycles. The number of thiazole rings is 1. The van der Waals surface area contributed by atoms with Crippen LogP contribution >= 0.6 is 11.3 Å². The first-order valence-corrected chi connectivity index (χ1v) is 10.8. The minimum Gasteiger partial charge on any atom is -0.378 e. The van der Waals surface area contributed by atoms with Gasteiger partial charge >= 0.3 is 0 Å². The van der Waals surface area contributed by atoms with Crippen LogP contribution < -0.4 is 0 Å². The van der Waals surface area contributed by atoms with E-state index in [1.54, 1.807) is 16.2 Å². The number of nitrogens with zero attached hydrogens (tertiary/aromatic N) is 3. The zero-order valence-electron chi connectivity index (χ0n) is 15.9. The third kappa shape index (κ3) is 4.25. The normalized spacial score (nSPS) is 19.8. The van der Waals surface area contributed by atoms with Gasteiger partial charge in [0, 0.05) is 37.0 Å². The van der Waals surface area contributed by atoms with E-state index in [2.05, 4.69) is 4.98 Å². The number of aromatic nitrogens is 1. The Bertz CT molecular complexity index is 817. The summed E-state index contributed by atoms with van der Waals surface area (Å²) >= 11 is 1.60. The largest absolute Gasteiger partial charge is 0.378 e. The lowest BCUT2D eigenvalue weighted by molar-refractivity contribution is -0.146. The van der Waals surface area contributed by atoms with E-state index in [1.165, 1.54) is 0 Å². The highest BCUT2D eigenvalue weighted by Gasteiger charge is 2.36. The molecule has 2 aromatic rings.